The molecule has 1 radical (unpaired) electrons. The van der Waals surface area contributed by atoms with Crippen molar-refractivity contribution in [2.45, 2.75) is 19.6 Å². The number of rotatable bonds is 5. The number of hydrogen-bond acceptors (Lipinski definition) is 3. The first-order valence-electron chi connectivity index (χ1n) is 7.84. The second-order valence-electron chi connectivity index (χ2n) is 5.63. The summed E-state index contributed by atoms with van der Waals surface area (Å²) in [4.78, 5) is 11.7. The molecule has 1 N–H and O–H groups in total. The number of nitrogens with zero attached hydrogens (tertiary/aromatic N) is 3. The lowest BCUT2D eigenvalue weighted by Gasteiger charge is -2.12. The second kappa shape index (κ2) is 6.29. The van der Waals surface area contributed by atoms with Crippen molar-refractivity contribution in [1.29, 1.82) is 0 Å². The molecule has 0 saturated carbocycles. The lowest BCUT2D eigenvalue weighted by atomic mass is 10.2. The maximum atomic E-state index is 5.91. The molecule has 0 saturated heterocycles. The number of imidazole rings is 2. The number of hydrogen-bond donors (Lipinski definition) is 1. The predicted octanol–water partition coefficient (Wildman–Crippen LogP) is 3.83. The number of H-pyrrole nitrogens is 1. The molecule has 2 heterocycles. The minimum Gasteiger partial charge on any atom is -0.366 e. The summed E-state index contributed by atoms with van der Waals surface area (Å²) in [5, 5.41) is 0. The molecule has 0 spiro atoms. The van der Waals surface area contributed by atoms with E-state index in [0.717, 1.165) is 28.1 Å². The zero-order chi connectivity index (χ0) is 16.4. The Hall–Kier alpha value is -2.92. The Kier molecular flexibility index (Phi) is 3.84. The van der Waals surface area contributed by atoms with E-state index >= 15 is 0 Å². The average Bonchev–Trinajstić information content (AvgIpc) is 3.29. The third kappa shape index (κ3) is 2.81. The van der Waals surface area contributed by atoms with Gasteiger partial charge in [0.2, 0.25) is 0 Å². The van der Waals surface area contributed by atoms with Crippen LogP contribution in [0.1, 0.15) is 24.4 Å². The first kappa shape index (κ1) is 14.7. The molecule has 1 unspecified atom stereocenters. The predicted molar refractivity (Wildman–Crippen MR) is 91.7 cm³/mol. The largest absolute Gasteiger partial charge is 0.366 e. The normalized spacial score (nSPS) is 12.5. The highest BCUT2D eigenvalue weighted by atomic mass is 16.5. The average molecular weight is 317 g/mol. The number of aromatic amines is 1. The van der Waals surface area contributed by atoms with Gasteiger partial charge in [-0.1, -0.05) is 18.2 Å². The minimum atomic E-state index is -0.0757. The molecule has 4 rings (SSSR count). The summed E-state index contributed by atoms with van der Waals surface area (Å²) in [5.74, 6) is 0.836. The Morgan fingerprint density at radius 2 is 2.25 bits per heavy atom. The monoisotopic (exact) mass is 317 g/mol. The Balaban J connectivity index is 1.55. The van der Waals surface area contributed by atoms with E-state index in [1.807, 2.05) is 37.5 Å². The van der Waals surface area contributed by atoms with Crippen molar-refractivity contribution >= 4 is 11.0 Å². The van der Waals surface area contributed by atoms with E-state index in [2.05, 4.69) is 43.8 Å². The van der Waals surface area contributed by atoms with Gasteiger partial charge in [-0.3, -0.25) is 4.57 Å². The summed E-state index contributed by atoms with van der Waals surface area (Å²) in [6, 6.07) is 17.1. The summed E-state index contributed by atoms with van der Waals surface area (Å²) < 4.78 is 7.98. The first-order valence-corrected chi connectivity index (χ1v) is 7.84. The molecule has 0 aliphatic carbocycles. The van der Waals surface area contributed by atoms with E-state index in [9.17, 15) is 0 Å². The topological polar surface area (TPSA) is 55.7 Å². The van der Waals surface area contributed by atoms with Crippen LogP contribution < -0.4 is 0 Å². The van der Waals surface area contributed by atoms with Gasteiger partial charge in [0.15, 0.2) is 0 Å². The molecule has 0 amide bonds. The summed E-state index contributed by atoms with van der Waals surface area (Å²) in [6.45, 7) is 2.51. The van der Waals surface area contributed by atoms with Crippen molar-refractivity contribution < 1.29 is 4.74 Å². The molecule has 2 aromatic heterocycles. The van der Waals surface area contributed by atoms with Crippen molar-refractivity contribution in [2.24, 2.45) is 0 Å². The van der Waals surface area contributed by atoms with Crippen molar-refractivity contribution in [2.75, 3.05) is 0 Å². The lowest BCUT2D eigenvalue weighted by Crippen LogP contribution is -2.03. The molecule has 2 aromatic carbocycles. The number of benzene rings is 2. The van der Waals surface area contributed by atoms with E-state index in [1.165, 1.54) is 0 Å². The SMILES string of the molecule is CC(OCc1cccc(-n2cnc3c[c]ccc32)c1)c1ncc[nH]1. The van der Waals surface area contributed by atoms with Gasteiger partial charge in [0.1, 0.15) is 18.3 Å². The van der Waals surface area contributed by atoms with Crippen LogP contribution in [-0.4, -0.2) is 19.5 Å². The van der Waals surface area contributed by atoms with Gasteiger partial charge >= 0.3 is 0 Å². The van der Waals surface area contributed by atoms with Gasteiger partial charge in [-0.2, -0.15) is 0 Å². The standard InChI is InChI=1S/C19H17N4O/c1-14(19-20-9-10-21-19)24-12-15-5-4-6-16(11-15)23-13-22-17-7-2-3-8-18(17)23/h3-11,13-14H,12H2,1H3,(H,20,21). The smallest absolute Gasteiger partial charge is 0.135 e. The van der Waals surface area contributed by atoms with E-state index in [4.69, 9.17) is 4.74 Å². The Morgan fingerprint density at radius 1 is 1.29 bits per heavy atom. The van der Waals surface area contributed by atoms with Crippen LogP contribution in [0, 0.1) is 6.07 Å². The maximum Gasteiger partial charge on any atom is 0.135 e. The van der Waals surface area contributed by atoms with Gasteiger partial charge in [0.25, 0.3) is 0 Å². The van der Waals surface area contributed by atoms with Gasteiger partial charge < -0.3 is 9.72 Å². The zero-order valence-electron chi connectivity index (χ0n) is 13.3. The number of nitrogens with one attached hydrogen (secondary N) is 1. The summed E-state index contributed by atoms with van der Waals surface area (Å²) in [6.07, 6.45) is 5.30. The van der Waals surface area contributed by atoms with Crippen LogP contribution in [0.25, 0.3) is 16.7 Å². The molecule has 5 nitrogen and oxygen atoms in total. The molecule has 4 aromatic rings. The fourth-order valence-electron chi connectivity index (χ4n) is 2.70. The summed E-state index contributed by atoms with van der Waals surface area (Å²) in [5.41, 5.74) is 4.17. The third-order valence-corrected chi connectivity index (χ3v) is 3.98. The fourth-order valence-corrected chi connectivity index (χ4v) is 2.70. The first-order chi connectivity index (χ1) is 11.8. The molecule has 0 fully saturated rings. The van der Waals surface area contributed by atoms with Crippen molar-refractivity contribution in [3.63, 3.8) is 0 Å². The summed E-state index contributed by atoms with van der Waals surface area (Å²) in [7, 11) is 0. The minimum absolute atomic E-state index is 0.0757. The molecule has 119 valence electrons. The van der Waals surface area contributed by atoms with Crippen LogP contribution in [0.4, 0.5) is 0 Å². The van der Waals surface area contributed by atoms with Crippen LogP contribution >= 0.6 is 0 Å². The van der Waals surface area contributed by atoms with E-state index in [-0.39, 0.29) is 6.10 Å². The highest BCUT2D eigenvalue weighted by Gasteiger charge is 2.09. The van der Waals surface area contributed by atoms with E-state index < -0.39 is 0 Å². The quantitative estimate of drug-likeness (QED) is 0.608. The maximum absolute atomic E-state index is 5.91. The van der Waals surface area contributed by atoms with Gasteiger partial charge in [-0.15, -0.1) is 0 Å². The van der Waals surface area contributed by atoms with E-state index in [0.29, 0.717) is 6.61 Å². The Bertz CT molecular complexity index is 943. The highest BCUT2D eigenvalue weighted by Crippen LogP contribution is 2.20. The van der Waals surface area contributed by atoms with Crippen LogP contribution in [0.3, 0.4) is 0 Å². The molecule has 24 heavy (non-hydrogen) atoms. The summed E-state index contributed by atoms with van der Waals surface area (Å²) >= 11 is 0. The van der Waals surface area contributed by atoms with Crippen LogP contribution in [0.5, 0.6) is 0 Å². The molecular weight excluding hydrogens is 300 g/mol. The van der Waals surface area contributed by atoms with Gasteiger partial charge in [-0.25, -0.2) is 9.97 Å². The van der Waals surface area contributed by atoms with Gasteiger partial charge in [0, 0.05) is 18.1 Å². The molecule has 5 heteroatoms. The molecular formula is C19H17N4O. The molecule has 0 bridgehead atoms. The molecule has 0 aliphatic rings. The molecule has 1 atom stereocenters. The van der Waals surface area contributed by atoms with Crippen LogP contribution in [0.2, 0.25) is 0 Å². The number of ether oxygens (including phenoxy) is 1. The number of aromatic nitrogens is 4. The Morgan fingerprint density at radius 3 is 3.12 bits per heavy atom. The van der Waals surface area contributed by atoms with Gasteiger partial charge in [0.05, 0.1) is 17.6 Å². The second-order valence-corrected chi connectivity index (χ2v) is 5.63. The zero-order valence-corrected chi connectivity index (χ0v) is 13.3. The lowest BCUT2D eigenvalue weighted by molar-refractivity contribution is 0.0473. The van der Waals surface area contributed by atoms with E-state index in [1.54, 1.807) is 12.4 Å². The van der Waals surface area contributed by atoms with Crippen LogP contribution in [0.15, 0.2) is 61.2 Å². The van der Waals surface area contributed by atoms with Crippen LogP contribution in [-0.2, 0) is 11.3 Å². The Labute approximate surface area is 140 Å². The van der Waals surface area contributed by atoms with Crippen molar-refractivity contribution in [1.82, 2.24) is 19.5 Å². The highest BCUT2D eigenvalue weighted by molar-refractivity contribution is 5.77. The van der Waals surface area contributed by atoms with Crippen molar-refractivity contribution in [3.8, 4) is 5.69 Å². The number of fused-ring (bicyclic) bond motifs is 1. The van der Waals surface area contributed by atoms with Crippen molar-refractivity contribution in [3.05, 3.63) is 78.6 Å². The fraction of sp³-hybridized carbons (Fsp3) is 0.158. The molecule has 0 aliphatic heterocycles. The van der Waals surface area contributed by atoms with Gasteiger partial charge in [-0.05, 0) is 42.8 Å². The third-order valence-electron chi connectivity index (χ3n) is 3.98.